The van der Waals surface area contributed by atoms with Crippen molar-refractivity contribution in [1.82, 2.24) is 19.9 Å². The molecule has 0 aromatic carbocycles. The minimum absolute atomic E-state index is 0.332. The third-order valence-electron chi connectivity index (χ3n) is 5.32. The van der Waals surface area contributed by atoms with Crippen molar-refractivity contribution < 1.29 is 4.79 Å². The number of nitriles is 1. The fourth-order valence-corrected chi connectivity index (χ4v) is 4.18. The van der Waals surface area contributed by atoms with Gasteiger partial charge in [0.1, 0.15) is 35.5 Å². The largest absolute Gasteiger partial charge is 0.348 e. The number of aromatic nitrogens is 3. The number of aromatic amines is 1. The second-order valence-electron chi connectivity index (χ2n) is 6.42. The van der Waals surface area contributed by atoms with E-state index in [0.29, 0.717) is 12.2 Å². The summed E-state index contributed by atoms with van der Waals surface area (Å²) >= 11 is 0. The van der Waals surface area contributed by atoms with E-state index in [1.54, 1.807) is 6.33 Å². The molecule has 1 spiro atoms. The summed E-state index contributed by atoms with van der Waals surface area (Å²) in [5, 5.41) is 10.2. The summed E-state index contributed by atoms with van der Waals surface area (Å²) in [6.07, 6.45) is 6.06. The summed E-state index contributed by atoms with van der Waals surface area (Å²) in [4.78, 5) is 27.8. The van der Waals surface area contributed by atoms with Crippen LogP contribution in [0.5, 0.6) is 0 Å². The monoisotopic (exact) mass is 322 g/mol. The molecule has 4 rings (SSSR count). The highest BCUT2D eigenvalue weighted by molar-refractivity contribution is 5.88. The zero-order valence-corrected chi connectivity index (χ0v) is 13.5. The minimum atomic E-state index is -0.411. The van der Waals surface area contributed by atoms with Gasteiger partial charge in [0.15, 0.2) is 0 Å². The molecule has 0 bridgehead atoms. The Labute approximate surface area is 139 Å². The first-order valence-electron chi connectivity index (χ1n) is 8.19. The maximum absolute atomic E-state index is 11.8. The number of hydrogen-bond donors (Lipinski definition) is 1. The molecule has 0 amide bonds. The summed E-state index contributed by atoms with van der Waals surface area (Å²) in [7, 11) is 0. The van der Waals surface area contributed by atoms with E-state index in [4.69, 9.17) is 0 Å². The van der Waals surface area contributed by atoms with Crippen molar-refractivity contribution in [2.75, 3.05) is 18.0 Å². The average molecular weight is 322 g/mol. The lowest BCUT2D eigenvalue weighted by Gasteiger charge is -2.37. The Bertz CT molecular complexity index is 877. The predicted octanol–water partition coefficient (Wildman–Crippen LogP) is 1.63. The zero-order valence-electron chi connectivity index (χ0n) is 13.5. The molecule has 122 valence electrons. The van der Waals surface area contributed by atoms with Gasteiger partial charge in [-0.3, -0.25) is 0 Å². The minimum Gasteiger partial charge on any atom is -0.348 e. The Morgan fingerprint density at radius 1 is 1.38 bits per heavy atom. The summed E-state index contributed by atoms with van der Waals surface area (Å²) in [5.74, 6) is 3.00. The number of fused-ring (bicyclic) bond motifs is 1. The maximum atomic E-state index is 11.8. The van der Waals surface area contributed by atoms with Gasteiger partial charge in [-0.05, 0) is 32.3 Å². The smallest absolute Gasteiger partial charge is 0.148 e. The molecule has 2 aromatic heterocycles. The predicted molar refractivity (Wildman–Crippen MR) is 88.8 cm³/mol. The normalized spacial score (nSPS) is 24.6. The summed E-state index contributed by atoms with van der Waals surface area (Å²) in [6.45, 7) is 3.35. The van der Waals surface area contributed by atoms with Crippen molar-refractivity contribution in [3.63, 3.8) is 0 Å². The molecule has 4 heterocycles. The lowest BCUT2D eigenvalue weighted by atomic mass is 9.91. The molecule has 7 nitrogen and oxygen atoms in total. The number of carbonyl (C=O) groups excluding carboxylic acids is 1. The Morgan fingerprint density at radius 3 is 3.04 bits per heavy atom. The van der Waals surface area contributed by atoms with Gasteiger partial charge >= 0.3 is 0 Å². The Kier molecular flexibility index (Phi) is 3.29. The molecule has 2 unspecified atom stereocenters. The number of anilines is 1. The van der Waals surface area contributed by atoms with Crippen molar-refractivity contribution in [3.8, 4) is 6.07 Å². The van der Waals surface area contributed by atoms with E-state index in [1.807, 2.05) is 24.1 Å². The van der Waals surface area contributed by atoms with Crippen LogP contribution in [0.15, 0.2) is 24.3 Å². The van der Waals surface area contributed by atoms with Crippen LogP contribution in [0.2, 0.25) is 0 Å². The zero-order chi connectivity index (χ0) is 16.7. The SMILES string of the molecule is CC(C#N)N1CCC2(CCCN2c2ncnc3[nH]ccc23)C1=C=O. The van der Waals surface area contributed by atoms with Crippen LogP contribution >= 0.6 is 0 Å². The van der Waals surface area contributed by atoms with Gasteiger partial charge in [0.05, 0.1) is 17.0 Å². The first-order valence-corrected chi connectivity index (χ1v) is 8.19. The highest BCUT2D eigenvalue weighted by Crippen LogP contribution is 2.47. The summed E-state index contributed by atoms with van der Waals surface area (Å²) in [5.41, 5.74) is 0.973. The summed E-state index contributed by atoms with van der Waals surface area (Å²) in [6, 6.07) is 3.87. The highest BCUT2D eigenvalue weighted by Gasteiger charge is 2.52. The average Bonchev–Trinajstić information content (AvgIpc) is 3.32. The highest BCUT2D eigenvalue weighted by atomic mass is 16.1. The van der Waals surface area contributed by atoms with E-state index in [9.17, 15) is 10.1 Å². The molecule has 7 heteroatoms. The topological polar surface area (TPSA) is 88.9 Å². The first kappa shape index (κ1) is 14.7. The molecule has 0 saturated carbocycles. The molecule has 0 radical (unpaired) electrons. The lowest BCUT2D eigenvalue weighted by Crippen LogP contribution is -2.46. The fourth-order valence-electron chi connectivity index (χ4n) is 4.18. The Balaban J connectivity index is 1.82. The van der Waals surface area contributed by atoms with Crippen LogP contribution in [0, 0.1) is 11.3 Å². The second-order valence-corrected chi connectivity index (χ2v) is 6.42. The first-order chi connectivity index (χ1) is 11.7. The van der Waals surface area contributed by atoms with Gasteiger partial charge < -0.3 is 14.8 Å². The van der Waals surface area contributed by atoms with Gasteiger partial charge in [0.2, 0.25) is 0 Å². The van der Waals surface area contributed by atoms with Crippen LogP contribution in [0.4, 0.5) is 5.82 Å². The molecular formula is C17H18N6O. The van der Waals surface area contributed by atoms with Crippen LogP contribution < -0.4 is 4.90 Å². The standard InChI is InChI=1S/C17H18N6O/c1-12(9-18)22-8-5-17(14(22)10-24)4-2-7-23(17)16-13-3-6-19-15(13)20-11-21-16/h3,6,11-12H,2,4-5,7-8H2,1H3,(H,19,20,21). The maximum Gasteiger partial charge on any atom is 0.148 e. The molecule has 0 aliphatic carbocycles. The van der Waals surface area contributed by atoms with E-state index in [2.05, 4.69) is 31.9 Å². The van der Waals surface area contributed by atoms with Crippen molar-refractivity contribution in [1.29, 1.82) is 5.26 Å². The van der Waals surface area contributed by atoms with Gasteiger partial charge in [0.25, 0.3) is 0 Å². The number of nitrogens with one attached hydrogen (secondary N) is 1. The van der Waals surface area contributed by atoms with Gasteiger partial charge in [-0.25, -0.2) is 14.8 Å². The molecule has 2 aliphatic rings. The van der Waals surface area contributed by atoms with Gasteiger partial charge in [-0.1, -0.05) is 0 Å². The van der Waals surface area contributed by atoms with E-state index in [-0.39, 0.29) is 6.04 Å². The Morgan fingerprint density at radius 2 is 2.25 bits per heavy atom. The van der Waals surface area contributed by atoms with Crippen molar-refractivity contribution in [2.24, 2.45) is 0 Å². The van der Waals surface area contributed by atoms with E-state index in [0.717, 1.165) is 42.7 Å². The third kappa shape index (κ3) is 1.87. The molecule has 2 aliphatic heterocycles. The number of hydrogen-bond acceptors (Lipinski definition) is 6. The molecule has 2 atom stereocenters. The quantitative estimate of drug-likeness (QED) is 0.845. The van der Waals surface area contributed by atoms with Crippen LogP contribution in [0.3, 0.4) is 0 Å². The van der Waals surface area contributed by atoms with Crippen LogP contribution in [-0.4, -0.2) is 50.5 Å². The Hall–Kier alpha value is -2.84. The van der Waals surface area contributed by atoms with Gasteiger partial charge in [-0.15, -0.1) is 0 Å². The number of H-pyrrole nitrogens is 1. The fraction of sp³-hybridized carbons (Fsp3) is 0.471. The molecular weight excluding hydrogens is 304 g/mol. The van der Waals surface area contributed by atoms with Crippen molar-refractivity contribution >= 4 is 22.8 Å². The van der Waals surface area contributed by atoms with Gasteiger partial charge in [-0.2, -0.15) is 5.26 Å². The van der Waals surface area contributed by atoms with Crippen LogP contribution in [0.1, 0.15) is 26.2 Å². The lowest BCUT2D eigenvalue weighted by molar-refractivity contribution is 0.350. The molecule has 2 saturated heterocycles. The number of rotatable bonds is 2. The summed E-state index contributed by atoms with van der Waals surface area (Å²) < 4.78 is 0. The molecule has 24 heavy (non-hydrogen) atoms. The van der Waals surface area contributed by atoms with Crippen molar-refractivity contribution in [2.45, 2.75) is 37.8 Å². The van der Waals surface area contributed by atoms with Crippen LogP contribution in [0.25, 0.3) is 11.0 Å². The second kappa shape index (κ2) is 5.36. The van der Waals surface area contributed by atoms with Crippen LogP contribution in [-0.2, 0) is 4.79 Å². The molecule has 2 aromatic rings. The molecule has 1 N–H and O–H groups in total. The van der Waals surface area contributed by atoms with E-state index < -0.39 is 5.54 Å². The number of nitrogens with zero attached hydrogens (tertiary/aromatic N) is 5. The van der Waals surface area contributed by atoms with Gasteiger partial charge in [0, 0.05) is 19.3 Å². The molecule has 2 fully saturated rings. The van der Waals surface area contributed by atoms with E-state index >= 15 is 0 Å². The van der Waals surface area contributed by atoms with E-state index in [1.165, 1.54) is 0 Å². The van der Waals surface area contributed by atoms with Crippen molar-refractivity contribution in [3.05, 3.63) is 24.3 Å². The number of likely N-dealkylation sites (tertiary alicyclic amines) is 1. The third-order valence-corrected chi connectivity index (χ3v) is 5.32.